The minimum atomic E-state index is -0.205. The largest absolute Gasteiger partial charge is 0.312 e. The van der Waals surface area contributed by atoms with Crippen LogP contribution in [-0.2, 0) is 0 Å². The van der Waals surface area contributed by atoms with Crippen molar-refractivity contribution in [1.82, 2.24) is 4.31 Å². The second-order valence-electron chi connectivity index (χ2n) is 2.25. The minimum absolute atomic E-state index is 0.205. The van der Waals surface area contributed by atoms with E-state index in [1.165, 1.54) is 7.05 Å². The van der Waals surface area contributed by atoms with Crippen molar-refractivity contribution in [3.63, 3.8) is 0 Å². The van der Waals surface area contributed by atoms with Gasteiger partial charge in [-0.1, -0.05) is 18.2 Å². The molecular formula is C8H9NO2S. The van der Waals surface area contributed by atoms with E-state index in [9.17, 15) is 4.79 Å². The summed E-state index contributed by atoms with van der Waals surface area (Å²) in [5.74, 6) is -0.205. The zero-order valence-corrected chi connectivity index (χ0v) is 7.41. The molecule has 0 atom stereocenters. The van der Waals surface area contributed by atoms with Crippen LogP contribution in [0.4, 0.5) is 0 Å². The Morgan fingerprint density at radius 2 is 2.00 bits per heavy atom. The van der Waals surface area contributed by atoms with Crippen LogP contribution < -0.4 is 0 Å². The van der Waals surface area contributed by atoms with E-state index in [0.29, 0.717) is 17.8 Å². The number of rotatable bonds is 2. The highest BCUT2D eigenvalue weighted by molar-refractivity contribution is 7.91. The number of nitrogens with zero attached hydrogens (tertiary/aromatic N) is 1. The third-order valence-electron chi connectivity index (χ3n) is 1.43. The highest BCUT2D eigenvalue weighted by atomic mass is 32.2. The summed E-state index contributed by atoms with van der Waals surface area (Å²) in [7, 11) is 1.51. The molecule has 1 N–H and O–H groups in total. The fourth-order valence-corrected chi connectivity index (χ4v) is 0.979. The summed E-state index contributed by atoms with van der Waals surface area (Å²) in [6.07, 6.45) is 0. The first-order valence-electron chi connectivity index (χ1n) is 3.40. The second-order valence-corrected chi connectivity index (χ2v) is 2.96. The Bertz CT molecular complexity index is 263. The van der Waals surface area contributed by atoms with E-state index in [2.05, 4.69) is 0 Å². The molecule has 12 heavy (non-hydrogen) atoms. The Hall–Kier alpha value is -1.00. The van der Waals surface area contributed by atoms with Gasteiger partial charge in [-0.3, -0.25) is 9.10 Å². The highest BCUT2D eigenvalue weighted by Gasteiger charge is 2.09. The summed E-state index contributed by atoms with van der Waals surface area (Å²) >= 11 is 0.412. The average Bonchev–Trinajstić information content (AvgIpc) is 2.17. The lowest BCUT2D eigenvalue weighted by Crippen LogP contribution is -2.18. The molecule has 0 fully saturated rings. The number of hydrogen-bond donors (Lipinski definition) is 1. The Morgan fingerprint density at radius 1 is 1.42 bits per heavy atom. The summed E-state index contributed by atoms with van der Waals surface area (Å²) in [4.78, 5) is 11.3. The Kier molecular flexibility index (Phi) is 3.13. The van der Waals surface area contributed by atoms with Gasteiger partial charge in [-0.15, -0.1) is 0 Å². The van der Waals surface area contributed by atoms with Crippen LogP contribution >= 0.6 is 12.2 Å². The van der Waals surface area contributed by atoms with Crippen molar-refractivity contribution in [2.75, 3.05) is 7.05 Å². The van der Waals surface area contributed by atoms with Gasteiger partial charge in [0.25, 0.3) is 5.91 Å². The lowest BCUT2D eigenvalue weighted by atomic mass is 10.2. The van der Waals surface area contributed by atoms with Crippen molar-refractivity contribution in [1.29, 1.82) is 0 Å². The molecule has 0 aromatic heterocycles. The number of hydrogen-bond acceptors (Lipinski definition) is 3. The molecule has 1 aromatic rings. The van der Waals surface area contributed by atoms with Crippen molar-refractivity contribution in [3.05, 3.63) is 35.9 Å². The molecule has 3 nitrogen and oxygen atoms in total. The lowest BCUT2D eigenvalue weighted by molar-refractivity contribution is 0.0888. The number of benzene rings is 1. The van der Waals surface area contributed by atoms with E-state index in [0.717, 1.165) is 4.31 Å². The molecule has 1 rings (SSSR count). The molecule has 0 radical (unpaired) electrons. The van der Waals surface area contributed by atoms with E-state index < -0.39 is 0 Å². The lowest BCUT2D eigenvalue weighted by Gasteiger charge is -2.10. The van der Waals surface area contributed by atoms with Gasteiger partial charge in [-0.25, -0.2) is 0 Å². The summed E-state index contributed by atoms with van der Waals surface area (Å²) < 4.78 is 9.75. The molecule has 0 aliphatic rings. The van der Waals surface area contributed by atoms with Crippen LogP contribution in [0.25, 0.3) is 0 Å². The molecule has 64 valence electrons. The van der Waals surface area contributed by atoms with Crippen LogP contribution in [0.1, 0.15) is 10.4 Å². The van der Waals surface area contributed by atoms with Gasteiger partial charge in [-0.05, 0) is 12.1 Å². The normalized spacial score (nSPS) is 9.50. The standard InChI is InChI=1S/C8H9NO2S/c1-9(12-11)8(10)7-5-3-2-4-6-7/h2-6,11H,1H3. The number of amides is 1. The Morgan fingerprint density at radius 3 is 2.50 bits per heavy atom. The predicted molar refractivity (Wildman–Crippen MR) is 48.8 cm³/mol. The van der Waals surface area contributed by atoms with Gasteiger partial charge in [0.05, 0.1) is 0 Å². The molecule has 0 saturated heterocycles. The quantitative estimate of drug-likeness (QED) is 0.562. The first-order valence-corrected chi connectivity index (χ1v) is 4.13. The third kappa shape index (κ3) is 1.99. The SMILES string of the molecule is CN(SO)C(=O)c1ccccc1. The zero-order valence-electron chi connectivity index (χ0n) is 6.60. The molecule has 0 bridgehead atoms. The number of carbonyl (C=O) groups excluding carboxylic acids is 1. The van der Waals surface area contributed by atoms with Gasteiger partial charge < -0.3 is 4.55 Å². The first kappa shape index (κ1) is 9.09. The molecule has 0 spiro atoms. The van der Waals surface area contributed by atoms with Crippen LogP contribution in [0.2, 0.25) is 0 Å². The van der Waals surface area contributed by atoms with Crippen LogP contribution in [-0.4, -0.2) is 21.8 Å². The zero-order chi connectivity index (χ0) is 8.97. The molecular weight excluding hydrogens is 174 g/mol. The molecule has 0 aliphatic heterocycles. The maximum atomic E-state index is 11.3. The molecule has 0 saturated carbocycles. The predicted octanol–water partition coefficient (Wildman–Crippen LogP) is 1.88. The van der Waals surface area contributed by atoms with Crippen molar-refractivity contribution in [2.45, 2.75) is 0 Å². The molecule has 0 aliphatic carbocycles. The van der Waals surface area contributed by atoms with Crippen LogP contribution in [0.3, 0.4) is 0 Å². The van der Waals surface area contributed by atoms with Crippen LogP contribution in [0, 0.1) is 0 Å². The van der Waals surface area contributed by atoms with E-state index in [1.54, 1.807) is 24.3 Å². The summed E-state index contributed by atoms with van der Waals surface area (Å²) in [5, 5.41) is 0. The molecule has 0 unspecified atom stereocenters. The first-order chi connectivity index (χ1) is 5.75. The fraction of sp³-hybridized carbons (Fsp3) is 0.125. The fourth-order valence-electron chi connectivity index (χ4n) is 0.800. The summed E-state index contributed by atoms with van der Waals surface area (Å²) in [5.41, 5.74) is 0.571. The van der Waals surface area contributed by atoms with Gasteiger partial charge in [0.2, 0.25) is 0 Å². The van der Waals surface area contributed by atoms with Gasteiger partial charge in [-0.2, -0.15) is 0 Å². The third-order valence-corrected chi connectivity index (χ3v) is 1.84. The van der Waals surface area contributed by atoms with Crippen LogP contribution in [0.5, 0.6) is 0 Å². The topological polar surface area (TPSA) is 40.5 Å². The van der Waals surface area contributed by atoms with Gasteiger partial charge >= 0.3 is 0 Å². The monoisotopic (exact) mass is 183 g/mol. The summed E-state index contributed by atoms with van der Waals surface area (Å²) in [6, 6.07) is 8.80. The molecule has 1 aromatic carbocycles. The maximum absolute atomic E-state index is 11.3. The minimum Gasteiger partial charge on any atom is -0.312 e. The van der Waals surface area contributed by atoms with E-state index in [4.69, 9.17) is 4.55 Å². The Balaban J connectivity index is 2.79. The van der Waals surface area contributed by atoms with E-state index in [-0.39, 0.29) is 5.91 Å². The van der Waals surface area contributed by atoms with Crippen molar-refractivity contribution >= 4 is 18.1 Å². The summed E-state index contributed by atoms with van der Waals surface area (Å²) in [6.45, 7) is 0. The van der Waals surface area contributed by atoms with Crippen molar-refractivity contribution in [3.8, 4) is 0 Å². The van der Waals surface area contributed by atoms with Crippen molar-refractivity contribution in [2.24, 2.45) is 0 Å². The van der Waals surface area contributed by atoms with Crippen molar-refractivity contribution < 1.29 is 9.35 Å². The van der Waals surface area contributed by atoms with Crippen LogP contribution in [0.15, 0.2) is 30.3 Å². The molecule has 4 heteroatoms. The smallest absolute Gasteiger partial charge is 0.265 e. The molecule has 0 heterocycles. The van der Waals surface area contributed by atoms with Gasteiger partial charge in [0.15, 0.2) is 0 Å². The Labute approximate surface area is 75.3 Å². The highest BCUT2D eigenvalue weighted by Crippen LogP contribution is 2.08. The van der Waals surface area contributed by atoms with E-state index in [1.807, 2.05) is 6.07 Å². The maximum Gasteiger partial charge on any atom is 0.265 e. The van der Waals surface area contributed by atoms with E-state index >= 15 is 0 Å². The van der Waals surface area contributed by atoms with Gasteiger partial charge in [0, 0.05) is 12.6 Å². The average molecular weight is 183 g/mol. The second kappa shape index (κ2) is 4.13. The molecule has 1 amide bonds. The number of carbonyl (C=O) groups is 1. The van der Waals surface area contributed by atoms with Gasteiger partial charge in [0.1, 0.15) is 12.2 Å².